The normalized spacial score (nSPS) is 23.7. The topological polar surface area (TPSA) is 36.9 Å². The zero-order valence-electron chi connectivity index (χ0n) is 23.8. The lowest BCUT2D eigenvalue weighted by Gasteiger charge is -2.44. The molecule has 0 aromatic heterocycles. The lowest BCUT2D eigenvalue weighted by molar-refractivity contribution is -0.291. The third-order valence-electron chi connectivity index (χ3n) is 8.03. The van der Waals surface area contributed by atoms with Crippen molar-refractivity contribution in [3.63, 3.8) is 0 Å². The van der Waals surface area contributed by atoms with Gasteiger partial charge in [0.15, 0.2) is 11.9 Å². The molecule has 2 aliphatic heterocycles. The highest BCUT2D eigenvalue weighted by molar-refractivity contribution is 6.99. The second kappa shape index (κ2) is 11.8. The van der Waals surface area contributed by atoms with Gasteiger partial charge in [-0.3, -0.25) is 0 Å². The number of rotatable bonds is 8. The number of ether oxygens (including phenoxy) is 3. The molecule has 0 spiro atoms. The molecule has 0 amide bonds. The van der Waals surface area contributed by atoms with E-state index < -0.39 is 13.9 Å². The quantitative estimate of drug-likeness (QED) is 0.229. The minimum atomic E-state index is -2.53. The molecule has 39 heavy (non-hydrogen) atoms. The molecule has 2 heterocycles. The second-order valence-electron chi connectivity index (χ2n) is 12.0. The summed E-state index contributed by atoms with van der Waals surface area (Å²) in [5.74, 6) is 1.02. The smallest absolute Gasteiger partial charge is 0.261 e. The lowest BCUT2D eigenvalue weighted by Crippen LogP contribution is -2.66. The first-order valence-electron chi connectivity index (χ1n) is 14.3. The molecule has 0 radical (unpaired) electrons. The van der Waals surface area contributed by atoms with E-state index in [1.807, 2.05) is 18.2 Å². The minimum absolute atomic E-state index is 0.0152. The number of allylic oxidation sites excluding steroid dienone is 2. The van der Waals surface area contributed by atoms with Crippen LogP contribution in [0.2, 0.25) is 5.04 Å². The van der Waals surface area contributed by atoms with Crippen LogP contribution in [0.1, 0.15) is 65.2 Å². The van der Waals surface area contributed by atoms with Crippen LogP contribution in [-0.4, -0.2) is 33.2 Å². The number of fused-ring (bicyclic) bond motifs is 1. The molecule has 1 saturated heterocycles. The number of hydrogen-bond acceptors (Lipinski definition) is 4. The van der Waals surface area contributed by atoms with Gasteiger partial charge in [0.1, 0.15) is 6.10 Å². The molecule has 0 unspecified atom stereocenters. The summed E-state index contributed by atoms with van der Waals surface area (Å²) < 4.78 is 26.3. The average Bonchev–Trinajstić information content (AvgIpc) is 3.11. The van der Waals surface area contributed by atoms with Crippen molar-refractivity contribution in [1.82, 2.24) is 0 Å². The van der Waals surface area contributed by atoms with E-state index in [1.165, 1.54) is 10.4 Å². The highest BCUT2D eigenvalue weighted by Crippen LogP contribution is 2.40. The van der Waals surface area contributed by atoms with Crippen molar-refractivity contribution in [3.05, 3.63) is 108 Å². The fraction of sp³-hybridized carbons (Fsp3) is 0.412. The van der Waals surface area contributed by atoms with Gasteiger partial charge in [-0.15, -0.1) is 0 Å². The molecule has 5 heteroatoms. The number of benzene rings is 3. The van der Waals surface area contributed by atoms with Crippen LogP contribution in [-0.2, 0) is 18.6 Å². The molecular formula is C34H42O4Si. The molecule has 3 aromatic carbocycles. The van der Waals surface area contributed by atoms with Crippen molar-refractivity contribution in [2.45, 2.75) is 76.4 Å². The third kappa shape index (κ3) is 5.92. The van der Waals surface area contributed by atoms with Gasteiger partial charge in [0, 0.05) is 18.6 Å². The third-order valence-corrected chi connectivity index (χ3v) is 13.1. The Bertz CT molecular complexity index is 1180. The minimum Gasteiger partial charge on any atom is -0.487 e. The van der Waals surface area contributed by atoms with Crippen LogP contribution in [0.25, 0.3) is 0 Å². The van der Waals surface area contributed by atoms with E-state index in [-0.39, 0.29) is 17.4 Å². The van der Waals surface area contributed by atoms with Crippen LogP contribution in [0.5, 0.6) is 0 Å². The highest BCUT2D eigenvalue weighted by atomic mass is 28.4. The van der Waals surface area contributed by atoms with Crippen molar-refractivity contribution in [3.8, 4) is 0 Å². The van der Waals surface area contributed by atoms with E-state index >= 15 is 0 Å². The average molecular weight is 543 g/mol. The molecule has 4 nitrogen and oxygen atoms in total. The van der Waals surface area contributed by atoms with Gasteiger partial charge in [0.2, 0.25) is 0 Å². The second-order valence-corrected chi connectivity index (χ2v) is 16.3. The Hall–Kier alpha value is -2.70. The van der Waals surface area contributed by atoms with Crippen molar-refractivity contribution in [2.24, 2.45) is 0 Å². The van der Waals surface area contributed by atoms with E-state index in [0.717, 1.165) is 37.0 Å². The molecule has 1 fully saturated rings. The van der Waals surface area contributed by atoms with Crippen molar-refractivity contribution >= 4 is 18.7 Å². The van der Waals surface area contributed by atoms with Gasteiger partial charge in [-0.1, -0.05) is 112 Å². The predicted molar refractivity (Wildman–Crippen MR) is 160 cm³/mol. The first-order valence-corrected chi connectivity index (χ1v) is 16.2. The van der Waals surface area contributed by atoms with E-state index in [0.29, 0.717) is 13.2 Å². The summed E-state index contributed by atoms with van der Waals surface area (Å²) in [4.78, 5) is 0. The molecule has 0 bridgehead atoms. The first-order chi connectivity index (χ1) is 18.8. The van der Waals surface area contributed by atoms with Crippen LogP contribution in [0.4, 0.5) is 0 Å². The van der Waals surface area contributed by atoms with Gasteiger partial charge < -0.3 is 18.6 Å². The van der Waals surface area contributed by atoms with Crippen LogP contribution in [0.15, 0.2) is 103 Å². The summed E-state index contributed by atoms with van der Waals surface area (Å²) in [5, 5.41) is 2.60. The summed E-state index contributed by atoms with van der Waals surface area (Å²) in [6.45, 7) is 10.3. The Morgan fingerprint density at radius 2 is 1.46 bits per heavy atom. The summed E-state index contributed by atoms with van der Waals surface area (Å²) in [6.07, 6.45) is 5.48. The molecule has 0 N–H and O–H groups in total. The maximum atomic E-state index is 7.09. The zero-order chi connectivity index (χ0) is 27.3. The fourth-order valence-corrected chi connectivity index (χ4v) is 10.6. The largest absolute Gasteiger partial charge is 0.487 e. The molecule has 0 saturated carbocycles. The fourth-order valence-electron chi connectivity index (χ4n) is 6.04. The molecule has 2 aliphatic rings. The Balaban J connectivity index is 1.25. The molecule has 5 rings (SSSR count). The molecule has 3 aromatic rings. The van der Waals surface area contributed by atoms with Crippen molar-refractivity contribution in [1.29, 1.82) is 0 Å². The summed E-state index contributed by atoms with van der Waals surface area (Å²) in [7, 11) is -2.53. The molecular weight excluding hydrogens is 500 g/mol. The highest BCUT2D eigenvalue weighted by Gasteiger charge is 2.50. The van der Waals surface area contributed by atoms with E-state index in [4.69, 9.17) is 18.6 Å². The Morgan fingerprint density at radius 1 is 0.872 bits per heavy atom. The standard InChI is InChI=1S/C34H42O4Si/c1-33(2,3)39(29-20-10-6-11-21-29,30-22-12-7-13-23-30)36-25-15-19-28-18-14-24-31-34(4,38-28)26-35-32(37-31)27-16-8-5-9-17-27/h5-13,16-18,20-23,31-32H,14-15,19,24-26H2,1-4H3/t31-,32+,34+/m0/s1. The van der Waals surface area contributed by atoms with E-state index in [2.05, 4.69) is 107 Å². The van der Waals surface area contributed by atoms with Crippen LogP contribution >= 0.6 is 0 Å². The molecule has 0 aliphatic carbocycles. The van der Waals surface area contributed by atoms with Gasteiger partial charge in [-0.25, -0.2) is 0 Å². The molecule has 206 valence electrons. The van der Waals surface area contributed by atoms with Crippen molar-refractivity contribution in [2.75, 3.05) is 13.2 Å². The predicted octanol–water partition coefficient (Wildman–Crippen LogP) is 6.91. The Morgan fingerprint density at radius 3 is 2.05 bits per heavy atom. The first kappa shape index (κ1) is 27.8. The maximum Gasteiger partial charge on any atom is 0.261 e. The van der Waals surface area contributed by atoms with Crippen LogP contribution in [0, 0.1) is 0 Å². The Kier molecular flexibility index (Phi) is 8.43. The SMILES string of the molecule is CC(C)(C)[Si](OCCCC1=CCC[C@@H]2O[C@H](c3ccccc3)OC[C@@]2(C)O1)(c1ccccc1)c1ccccc1. The van der Waals surface area contributed by atoms with E-state index in [1.54, 1.807) is 0 Å². The monoisotopic (exact) mass is 542 g/mol. The summed E-state index contributed by atoms with van der Waals surface area (Å²) in [5.41, 5.74) is 0.560. The Labute approximate surface area is 235 Å². The van der Waals surface area contributed by atoms with Crippen LogP contribution < -0.4 is 10.4 Å². The lowest BCUT2D eigenvalue weighted by atomic mass is 9.95. The van der Waals surface area contributed by atoms with Gasteiger partial charge in [0.05, 0.1) is 12.4 Å². The van der Waals surface area contributed by atoms with Crippen LogP contribution in [0.3, 0.4) is 0 Å². The van der Waals surface area contributed by atoms with E-state index in [9.17, 15) is 0 Å². The molecule has 3 atom stereocenters. The maximum absolute atomic E-state index is 7.09. The van der Waals surface area contributed by atoms with Gasteiger partial charge >= 0.3 is 0 Å². The van der Waals surface area contributed by atoms with Gasteiger partial charge in [-0.05, 0) is 47.7 Å². The van der Waals surface area contributed by atoms with Gasteiger partial charge in [-0.2, -0.15) is 0 Å². The zero-order valence-corrected chi connectivity index (χ0v) is 24.8. The summed E-state index contributed by atoms with van der Waals surface area (Å²) >= 11 is 0. The van der Waals surface area contributed by atoms with Gasteiger partial charge in [0.25, 0.3) is 8.32 Å². The summed E-state index contributed by atoms with van der Waals surface area (Å²) in [6, 6.07) is 31.8. The van der Waals surface area contributed by atoms with Crippen molar-refractivity contribution < 1.29 is 18.6 Å². The number of hydrogen-bond donors (Lipinski definition) is 0.